The maximum atomic E-state index is 12.1. The number of hydrogen-bond donors (Lipinski definition) is 1. The number of carbonyl (C=O) groups is 1. The van der Waals surface area contributed by atoms with Crippen molar-refractivity contribution in [3.05, 3.63) is 35.9 Å². The Morgan fingerprint density at radius 3 is 2.55 bits per heavy atom. The molecule has 0 radical (unpaired) electrons. The number of nitriles is 1. The number of hydrogen-bond acceptors (Lipinski definition) is 2. The van der Waals surface area contributed by atoms with Crippen molar-refractivity contribution in [3.8, 4) is 6.07 Å². The SMILES string of the molecule is CCCC(C#N)C(=O)NC(C)(C)CCc1ccccc1. The highest BCUT2D eigenvalue weighted by molar-refractivity contribution is 5.81. The standard InChI is InChI=1S/C17H24N2O/c1-4-8-15(13-18)16(20)19-17(2,3)12-11-14-9-6-5-7-10-14/h5-7,9-10,15H,4,8,11-12H2,1-3H3,(H,19,20). The molecule has 0 aliphatic heterocycles. The molecule has 0 aliphatic carbocycles. The van der Waals surface area contributed by atoms with E-state index in [2.05, 4.69) is 23.5 Å². The van der Waals surface area contributed by atoms with Gasteiger partial charge in [0.2, 0.25) is 5.91 Å². The summed E-state index contributed by atoms with van der Waals surface area (Å²) in [6.07, 6.45) is 3.24. The molecule has 0 saturated heterocycles. The van der Waals surface area contributed by atoms with Crippen LogP contribution in [0.4, 0.5) is 0 Å². The summed E-state index contributed by atoms with van der Waals surface area (Å²) in [7, 11) is 0. The van der Waals surface area contributed by atoms with Gasteiger partial charge in [-0.05, 0) is 38.7 Å². The van der Waals surface area contributed by atoms with Crippen LogP contribution < -0.4 is 5.32 Å². The molecule has 0 aliphatic rings. The molecule has 1 amide bonds. The van der Waals surface area contributed by atoms with Gasteiger partial charge in [0.05, 0.1) is 6.07 Å². The molecular weight excluding hydrogens is 248 g/mol. The topological polar surface area (TPSA) is 52.9 Å². The van der Waals surface area contributed by atoms with Crippen molar-refractivity contribution in [1.82, 2.24) is 5.32 Å². The summed E-state index contributed by atoms with van der Waals surface area (Å²) in [5.41, 5.74) is 0.968. The van der Waals surface area contributed by atoms with E-state index in [-0.39, 0.29) is 11.4 Å². The van der Waals surface area contributed by atoms with E-state index in [1.165, 1.54) is 5.56 Å². The molecule has 20 heavy (non-hydrogen) atoms. The Bertz CT molecular complexity index is 460. The van der Waals surface area contributed by atoms with Gasteiger partial charge in [0, 0.05) is 5.54 Å². The zero-order valence-electron chi connectivity index (χ0n) is 12.6. The lowest BCUT2D eigenvalue weighted by Gasteiger charge is -2.27. The van der Waals surface area contributed by atoms with E-state index in [0.29, 0.717) is 6.42 Å². The van der Waals surface area contributed by atoms with Crippen molar-refractivity contribution in [2.45, 2.75) is 52.0 Å². The highest BCUT2D eigenvalue weighted by Crippen LogP contribution is 2.15. The summed E-state index contributed by atoms with van der Waals surface area (Å²) in [4.78, 5) is 12.1. The summed E-state index contributed by atoms with van der Waals surface area (Å²) in [6, 6.07) is 12.3. The van der Waals surface area contributed by atoms with Crippen LogP contribution in [0.2, 0.25) is 0 Å². The van der Waals surface area contributed by atoms with Crippen LogP contribution in [0.1, 0.15) is 45.6 Å². The molecule has 1 N–H and O–H groups in total. The lowest BCUT2D eigenvalue weighted by molar-refractivity contribution is -0.125. The highest BCUT2D eigenvalue weighted by Gasteiger charge is 2.25. The fourth-order valence-electron chi connectivity index (χ4n) is 2.13. The molecule has 0 bridgehead atoms. The average Bonchev–Trinajstić information content (AvgIpc) is 2.43. The van der Waals surface area contributed by atoms with Gasteiger partial charge < -0.3 is 5.32 Å². The summed E-state index contributed by atoms with van der Waals surface area (Å²) in [6.45, 7) is 6.00. The van der Waals surface area contributed by atoms with Crippen molar-refractivity contribution in [1.29, 1.82) is 5.26 Å². The average molecular weight is 272 g/mol. The predicted molar refractivity (Wildman–Crippen MR) is 81.0 cm³/mol. The zero-order valence-corrected chi connectivity index (χ0v) is 12.6. The number of nitrogens with one attached hydrogen (secondary N) is 1. The van der Waals surface area contributed by atoms with E-state index in [0.717, 1.165) is 19.3 Å². The Balaban J connectivity index is 2.52. The zero-order chi connectivity index (χ0) is 15.0. The van der Waals surface area contributed by atoms with Gasteiger partial charge >= 0.3 is 0 Å². The maximum Gasteiger partial charge on any atom is 0.237 e. The third-order valence-electron chi connectivity index (χ3n) is 3.39. The lowest BCUT2D eigenvalue weighted by atomic mass is 9.93. The fraction of sp³-hybridized carbons (Fsp3) is 0.529. The first-order valence-electron chi connectivity index (χ1n) is 7.24. The van der Waals surface area contributed by atoms with Gasteiger partial charge in [-0.1, -0.05) is 43.7 Å². The van der Waals surface area contributed by atoms with Crippen LogP contribution in [0.3, 0.4) is 0 Å². The number of amides is 1. The van der Waals surface area contributed by atoms with Crippen molar-refractivity contribution < 1.29 is 4.79 Å². The van der Waals surface area contributed by atoms with Crippen LogP contribution >= 0.6 is 0 Å². The van der Waals surface area contributed by atoms with E-state index in [1.54, 1.807) is 0 Å². The summed E-state index contributed by atoms with van der Waals surface area (Å²) in [5.74, 6) is -0.677. The molecule has 0 aromatic heterocycles. The molecule has 1 atom stereocenters. The molecule has 1 rings (SSSR count). The van der Waals surface area contributed by atoms with Crippen LogP contribution in [0.5, 0.6) is 0 Å². The van der Waals surface area contributed by atoms with E-state index in [1.807, 2.05) is 39.0 Å². The summed E-state index contributed by atoms with van der Waals surface area (Å²) < 4.78 is 0. The second kappa shape index (κ2) is 7.69. The second-order valence-electron chi connectivity index (χ2n) is 5.83. The van der Waals surface area contributed by atoms with Gasteiger partial charge in [0.25, 0.3) is 0 Å². The molecule has 0 spiro atoms. The van der Waals surface area contributed by atoms with E-state index in [9.17, 15) is 4.79 Å². The van der Waals surface area contributed by atoms with Crippen LogP contribution in [0, 0.1) is 17.2 Å². The second-order valence-corrected chi connectivity index (χ2v) is 5.83. The first kappa shape index (κ1) is 16.2. The van der Waals surface area contributed by atoms with Crippen LogP contribution in [0.15, 0.2) is 30.3 Å². The fourth-order valence-corrected chi connectivity index (χ4v) is 2.13. The number of aryl methyl sites for hydroxylation is 1. The Morgan fingerprint density at radius 2 is 2.00 bits per heavy atom. The molecule has 3 nitrogen and oxygen atoms in total. The van der Waals surface area contributed by atoms with Gasteiger partial charge in [-0.2, -0.15) is 5.26 Å². The van der Waals surface area contributed by atoms with Crippen molar-refractivity contribution in [2.24, 2.45) is 5.92 Å². The predicted octanol–water partition coefficient (Wildman–Crippen LogP) is 3.45. The first-order valence-corrected chi connectivity index (χ1v) is 7.24. The molecular formula is C17H24N2O. The number of carbonyl (C=O) groups excluding carboxylic acids is 1. The third-order valence-corrected chi connectivity index (χ3v) is 3.39. The van der Waals surface area contributed by atoms with Gasteiger partial charge in [-0.3, -0.25) is 4.79 Å². The smallest absolute Gasteiger partial charge is 0.237 e. The molecule has 1 aromatic rings. The van der Waals surface area contributed by atoms with Gasteiger partial charge in [-0.15, -0.1) is 0 Å². The molecule has 108 valence electrons. The van der Waals surface area contributed by atoms with Crippen LogP contribution in [-0.4, -0.2) is 11.4 Å². The number of benzene rings is 1. The van der Waals surface area contributed by atoms with Gasteiger partial charge in [-0.25, -0.2) is 0 Å². The monoisotopic (exact) mass is 272 g/mol. The molecule has 3 heteroatoms. The molecule has 0 saturated carbocycles. The Labute approximate surface area is 122 Å². The van der Waals surface area contributed by atoms with Gasteiger partial charge in [0.1, 0.15) is 5.92 Å². The van der Waals surface area contributed by atoms with E-state index >= 15 is 0 Å². The van der Waals surface area contributed by atoms with Crippen molar-refractivity contribution in [3.63, 3.8) is 0 Å². The minimum Gasteiger partial charge on any atom is -0.350 e. The van der Waals surface area contributed by atoms with E-state index in [4.69, 9.17) is 5.26 Å². The van der Waals surface area contributed by atoms with Gasteiger partial charge in [0.15, 0.2) is 0 Å². The van der Waals surface area contributed by atoms with E-state index < -0.39 is 5.92 Å². The summed E-state index contributed by atoms with van der Waals surface area (Å²) >= 11 is 0. The normalized spacial score (nSPS) is 12.5. The minimum absolute atomic E-state index is 0.146. The Kier molecular flexibility index (Phi) is 6.24. The molecule has 1 aromatic carbocycles. The van der Waals surface area contributed by atoms with Crippen molar-refractivity contribution in [2.75, 3.05) is 0 Å². The molecule has 1 unspecified atom stereocenters. The minimum atomic E-state index is -0.531. The maximum absolute atomic E-state index is 12.1. The highest BCUT2D eigenvalue weighted by atomic mass is 16.2. The largest absolute Gasteiger partial charge is 0.350 e. The van der Waals surface area contributed by atoms with Crippen molar-refractivity contribution >= 4 is 5.91 Å². The van der Waals surface area contributed by atoms with Crippen LogP contribution in [0.25, 0.3) is 0 Å². The lowest BCUT2D eigenvalue weighted by Crippen LogP contribution is -2.46. The Morgan fingerprint density at radius 1 is 1.35 bits per heavy atom. The third kappa shape index (κ3) is 5.44. The molecule has 0 fully saturated rings. The van der Waals surface area contributed by atoms with Crippen LogP contribution in [-0.2, 0) is 11.2 Å². The molecule has 0 heterocycles. The first-order chi connectivity index (χ1) is 9.48. The summed E-state index contributed by atoms with van der Waals surface area (Å²) in [5, 5.41) is 12.0. The number of rotatable bonds is 7. The quantitative estimate of drug-likeness (QED) is 0.826. The number of nitrogens with zero attached hydrogens (tertiary/aromatic N) is 1. The Hall–Kier alpha value is -1.82.